The molecule has 0 amide bonds. The van der Waals surface area contributed by atoms with Gasteiger partial charge in [0.25, 0.3) is 0 Å². The van der Waals surface area contributed by atoms with E-state index in [0.717, 1.165) is 26.8 Å². The van der Waals surface area contributed by atoms with Gasteiger partial charge in [-0.15, -0.1) is 0 Å². The van der Waals surface area contributed by atoms with E-state index in [1.54, 1.807) is 24.6 Å². The molecular weight excluding hydrogens is 258 g/mol. The summed E-state index contributed by atoms with van der Waals surface area (Å²) in [6.45, 7) is 0.678. The second-order valence-electron chi connectivity index (χ2n) is 4.03. The number of benzene rings is 1. The minimum atomic E-state index is 0.678. The maximum atomic E-state index is 5.20. The Morgan fingerprint density at radius 1 is 1.26 bits per heavy atom. The molecular formula is C14H13N3OS. The Morgan fingerprint density at radius 2 is 2.21 bits per heavy atom. The third-order valence-electron chi connectivity index (χ3n) is 2.74. The predicted molar refractivity (Wildman–Crippen MR) is 77.7 cm³/mol. The lowest BCUT2D eigenvalue weighted by atomic mass is 10.3. The molecule has 0 atom stereocenters. The first-order valence-corrected chi connectivity index (χ1v) is 6.75. The average Bonchev–Trinajstić information content (AvgIpc) is 2.88. The molecule has 1 N–H and O–H groups in total. The standard InChI is InChI=1S/C14H13N3OS/c1-18-11-5-6-13-12(8-11)17-14(19-13)16-9-10-4-2-3-7-15-10/h2-8H,9H2,1H3,(H,16,17). The van der Waals surface area contributed by atoms with Crippen molar-refractivity contribution < 1.29 is 4.74 Å². The van der Waals surface area contributed by atoms with Crippen LogP contribution in [-0.4, -0.2) is 17.1 Å². The van der Waals surface area contributed by atoms with E-state index in [0.29, 0.717) is 6.54 Å². The van der Waals surface area contributed by atoms with Crippen LogP contribution in [-0.2, 0) is 6.54 Å². The molecule has 0 fully saturated rings. The third kappa shape index (κ3) is 2.66. The molecule has 3 rings (SSSR count). The van der Waals surface area contributed by atoms with E-state index in [4.69, 9.17) is 4.74 Å². The Labute approximate surface area is 115 Å². The number of hydrogen-bond acceptors (Lipinski definition) is 5. The zero-order valence-electron chi connectivity index (χ0n) is 10.5. The molecule has 1 aromatic carbocycles. The Bertz CT molecular complexity index is 681. The first-order valence-electron chi connectivity index (χ1n) is 5.93. The van der Waals surface area contributed by atoms with Crippen molar-refractivity contribution in [2.45, 2.75) is 6.54 Å². The summed E-state index contributed by atoms with van der Waals surface area (Å²) in [4.78, 5) is 8.81. The summed E-state index contributed by atoms with van der Waals surface area (Å²) in [5, 5.41) is 4.19. The van der Waals surface area contributed by atoms with E-state index >= 15 is 0 Å². The Hall–Kier alpha value is -2.14. The van der Waals surface area contributed by atoms with E-state index < -0.39 is 0 Å². The number of methoxy groups -OCH3 is 1. The molecule has 0 aliphatic heterocycles. The summed E-state index contributed by atoms with van der Waals surface area (Å²) in [5.41, 5.74) is 1.95. The van der Waals surface area contributed by atoms with Crippen LogP contribution in [0.2, 0.25) is 0 Å². The Balaban J connectivity index is 1.78. The highest BCUT2D eigenvalue weighted by atomic mass is 32.1. The quantitative estimate of drug-likeness (QED) is 0.790. The number of fused-ring (bicyclic) bond motifs is 1. The topological polar surface area (TPSA) is 47.0 Å². The molecule has 0 spiro atoms. The molecule has 2 aromatic heterocycles. The lowest BCUT2D eigenvalue weighted by Gasteiger charge is -2.00. The van der Waals surface area contributed by atoms with Gasteiger partial charge < -0.3 is 10.1 Å². The number of thiazole rings is 1. The monoisotopic (exact) mass is 271 g/mol. The van der Waals surface area contributed by atoms with E-state index in [-0.39, 0.29) is 0 Å². The largest absolute Gasteiger partial charge is 0.497 e. The zero-order chi connectivity index (χ0) is 13.1. The molecule has 0 aliphatic carbocycles. The molecule has 0 saturated carbocycles. The lowest BCUT2D eigenvalue weighted by Crippen LogP contribution is -2.00. The molecule has 5 heteroatoms. The number of anilines is 1. The molecule has 0 aliphatic rings. The lowest BCUT2D eigenvalue weighted by molar-refractivity contribution is 0.415. The first-order chi connectivity index (χ1) is 9.35. The van der Waals surface area contributed by atoms with Crippen LogP contribution in [0.3, 0.4) is 0 Å². The van der Waals surface area contributed by atoms with Gasteiger partial charge in [-0.05, 0) is 24.3 Å². The van der Waals surface area contributed by atoms with Gasteiger partial charge in [-0.2, -0.15) is 0 Å². The van der Waals surface area contributed by atoms with Crippen molar-refractivity contribution in [3.8, 4) is 5.75 Å². The number of aromatic nitrogens is 2. The normalized spacial score (nSPS) is 10.6. The highest BCUT2D eigenvalue weighted by Gasteiger charge is 2.04. The van der Waals surface area contributed by atoms with E-state index in [2.05, 4.69) is 15.3 Å². The highest BCUT2D eigenvalue weighted by Crippen LogP contribution is 2.28. The number of pyridine rings is 1. The second-order valence-corrected chi connectivity index (χ2v) is 5.06. The van der Waals surface area contributed by atoms with Crippen LogP contribution >= 0.6 is 11.3 Å². The van der Waals surface area contributed by atoms with Gasteiger partial charge in [-0.1, -0.05) is 17.4 Å². The van der Waals surface area contributed by atoms with Crippen molar-refractivity contribution in [2.75, 3.05) is 12.4 Å². The highest BCUT2D eigenvalue weighted by molar-refractivity contribution is 7.22. The molecule has 19 heavy (non-hydrogen) atoms. The molecule has 0 radical (unpaired) electrons. The summed E-state index contributed by atoms with van der Waals surface area (Å²) in [6.07, 6.45) is 1.79. The van der Waals surface area contributed by atoms with E-state index in [1.165, 1.54) is 0 Å². The number of hydrogen-bond donors (Lipinski definition) is 1. The molecule has 0 saturated heterocycles. The molecule has 0 bridgehead atoms. The number of nitrogens with one attached hydrogen (secondary N) is 1. The molecule has 2 heterocycles. The molecule has 3 aromatic rings. The minimum Gasteiger partial charge on any atom is -0.497 e. The predicted octanol–water partition coefficient (Wildman–Crippen LogP) is 3.31. The third-order valence-corrected chi connectivity index (χ3v) is 3.74. The van der Waals surface area contributed by atoms with Crippen LogP contribution in [0.25, 0.3) is 10.2 Å². The van der Waals surface area contributed by atoms with Crippen molar-refractivity contribution in [3.63, 3.8) is 0 Å². The summed E-state index contributed by atoms with van der Waals surface area (Å²) < 4.78 is 6.34. The van der Waals surface area contributed by atoms with E-state index in [1.807, 2.05) is 36.4 Å². The fraction of sp³-hybridized carbons (Fsp3) is 0.143. The van der Waals surface area contributed by atoms with Gasteiger partial charge in [0.15, 0.2) is 5.13 Å². The maximum Gasteiger partial charge on any atom is 0.184 e. The first kappa shape index (κ1) is 11.9. The van der Waals surface area contributed by atoms with Crippen LogP contribution in [0.4, 0.5) is 5.13 Å². The van der Waals surface area contributed by atoms with Crippen LogP contribution < -0.4 is 10.1 Å². The summed E-state index contributed by atoms with van der Waals surface area (Å²) >= 11 is 1.63. The Morgan fingerprint density at radius 3 is 3.00 bits per heavy atom. The summed E-state index contributed by atoms with van der Waals surface area (Å²) in [6, 6.07) is 11.8. The minimum absolute atomic E-state index is 0.678. The maximum absolute atomic E-state index is 5.20. The molecule has 0 unspecified atom stereocenters. The second kappa shape index (κ2) is 5.24. The molecule has 96 valence electrons. The van der Waals surface area contributed by atoms with Crippen molar-refractivity contribution in [1.29, 1.82) is 0 Å². The van der Waals surface area contributed by atoms with Gasteiger partial charge >= 0.3 is 0 Å². The van der Waals surface area contributed by atoms with Crippen molar-refractivity contribution in [3.05, 3.63) is 48.3 Å². The van der Waals surface area contributed by atoms with Gasteiger partial charge in [0.2, 0.25) is 0 Å². The van der Waals surface area contributed by atoms with Crippen LogP contribution in [0, 0.1) is 0 Å². The summed E-state index contributed by atoms with van der Waals surface area (Å²) in [5.74, 6) is 0.828. The fourth-order valence-electron chi connectivity index (χ4n) is 1.78. The number of nitrogens with zero attached hydrogens (tertiary/aromatic N) is 2. The molecule has 4 nitrogen and oxygen atoms in total. The van der Waals surface area contributed by atoms with Gasteiger partial charge in [0.1, 0.15) is 5.75 Å². The van der Waals surface area contributed by atoms with Gasteiger partial charge in [0.05, 0.1) is 29.6 Å². The van der Waals surface area contributed by atoms with Crippen molar-refractivity contribution in [1.82, 2.24) is 9.97 Å². The number of ether oxygens (including phenoxy) is 1. The van der Waals surface area contributed by atoms with Gasteiger partial charge in [0, 0.05) is 12.3 Å². The van der Waals surface area contributed by atoms with Crippen molar-refractivity contribution >= 4 is 26.7 Å². The average molecular weight is 271 g/mol. The van der Waals surface area contributed by atoms with Crippen LogP contribution in [0.15, 0.2) is 42.6 Å². The fourth-order valence-corrected chi connectivity index (χ4v) is 2.62. The zero-order valence-corrected chi connectivity index (χ0v) is 11.3. The Kier molecular flexibility index (Phi) is 3.29. The van der Waals surface area contributed by atoms with E-state index in [9.17, 15) is 0 Å². The van der Waals surface area contributed by atoms with Crippen molar-refractivity contribution in [2.24, 2.45) is 0 Å². The smallest absolute Gasteiger partial charge is 0.184 e. The van der Waals surface area contributed by atoms with Crippen LogP contribution in [0.1, 0.15) is 5.69 Å². The van der Waals surface area contributed by atoms with Gasteiger partial charge in [-0.3, -0.25) is 4.98 Å². The number of rotatable bonds is 4. The van der Waals surface area contributed by atoms with Gasteiger partial charge in [-0.25, -0.2) is 4.98 Å². The summed E-state index contributed by atoms with van der Waals surface area (Å²) in [7, 11) is 1.66. The SMILES string of the molecule is COc1ccc2sc(NCc3ccccn3)nc2c1. The van der Waals surface area contributed by atoms with Crippen LogP contribution in [0.5, 0.6) is 5.75 Å².